The molecule has 5 nitrogen and oxygen atoms in total. The summed E-state index contributed by atoms with van der Waals surface area (Å²) in [4.78, 5) is 23.9. The molecule has 26 heavy (non-hydrogen) atoms. The highest BCUT2D eigenvalue weighted by Crippen LogP contribution is 2.21. The maximum absolute atomic E-state index is 12.3. The fraction of sp³-hybridized carbons (Fsp3) is 0.905. The largest absolute Gasteiger partial charge is 0.464 e. The van der Waals surface area contributed by atoms with Crippen LogP contribution in [0.4, 0.5) is 4.79 Å². The Kier molecular flexibility index (Phi) is 14.1. The van der Waals surface area contributed by atoms with E-state index in [1.165, 1.54) is 51.4 Å². The summed E-state index contributed by atoms with van der Waals surface area (Å²) in [5.74, 6) is -0.388. The Hall–Kier alpha value is -1.26. The number of nitrogens with one attached hydrogen (secondary N) is 1. The number of hydrogen-bond donors (Lipinski definition) is 1. The number of carbonyl (C=O) groups excluding carboxylic acids is 2. The van der Waals surface area contributed by atoms with Crippen LogP contribution in [0.1, 0.15) is 98.8 Å². The third kappa shape index (κ3) is 13.0. The summed E-state index contributed by atoms with van der Waals surface area (Å²) in [6.45, 7) is 10.3. The number of esters is 1. The number of alkyl carbamates (subject to hydrolysis) is 1. The van der Waals surface area contributed by atoms with Crippen LogP contribution in [0.2, 0.25) is 0 Å². The Morgan fingerprint density at radius 3 is 1.77 bits per heavy atom. The second kappa shape index (κ2) is 14.9. The van der Waals surface area contributed by atoms with Crippen LogP contribution in [0.5, 0.6) is 0 Å². The Balaban J connectivity index is 3.87. The van der Waals surface area contributed by atoms with Gasteiger partial charge in [0.15, 0.2) is 0 Å². The number of carbonyl (C=O) groups is 2. The molecule has 0 radical (unpaired) electrons. The Bertz CT molecular complexity index is 377. The molecule has 1 atom stereocenters. The van der Waals surface area contributed by atoms with Crippen LogP contribution in [0.25, 0.3) is 0 Å². The molecule has 0 aromatic heterocycles. The lowest BCUT2D eigenvalue weighted by Gasteiger charge is -2.29. The zero-order chi connectivity index (χ0) is 19.8. The van der Waals surface area contributed by atoms with Crippen molar-refractivity contribution in [2.45, 2.75) is 105 Å². The van der Waals surface area contributed by atoms with Gasteiger partial charge >= 0.3 is 12.1 Å². The van der Waals surface area contributed by atoms with E-state index >= 15 is 0 Å². The Labute approximate surface area is 160 Å². The molecule has 0 aromatic rings. The lowest BCUT2D eigenvalue weighted by atomic mass is 9.87. The van der Waals surface area contributed by atoms with Gasteiger partial charge in [0.05, 0.1) is 13.2 Å². The summed E-state index contributed by atoms with van der Waals surface area (Å²) in [5, 5.41) is 2.61. The average molecular weight is 372 g/mol. The van der Waals surface area contributed by atoms with Crippen molar-refractivity contribution in [2.75, 3.05) is 13.2 Å². The predicted octanol–water partition coefficient (Wildman–Crippen LogP) is 5.61. The van der Waals surface area contributed by atoms with Gasteiger partial charge in [0.1, 0.15) is 6.04 Å². The number of rotatable bonds is 14. The van der Waals surface area contributed by atoms with E-state index in [9.17, 15) is 9.59 Å². The van der Waals surface area contributed by atoms with Crippen LogP contribution in [0, 0.1) is 5.41 Å². The van der Waals surface area contributed by atoms with E-state index in [1.54, 1.807) is 6.92 Å². The van der Waals surface area contributed by atoms with Gasteiger partial charge in [-0.25, -0.2) is 9.59 Å². The van der Waals surface area contributed by atoms with Gasteiger partial charge in [-0.3, -0.25) is 0 Å². The van der Waals surface area contributed by atoms with Crippen molar-refractivity contribution in [1.82, 2.24) is 5.32 Å². The zero-order valence-corrected chi connectivity index (χ0v) is 17.7. The molecular formula is C21H41NO4. The molecule has 1 N–H and O–H groups in total. The first-order valence-electron chi connectivity index (χ1n) is 10.4. The third-order valence-electron chi connectivity index (χ3n) is 4.38. The Morgan fingerprint density at radius 1 is 0.808 bits per heavy atom. The van der Waals surface area contributed by atoms with Crippen molar-refractivity contribution in [3.63, 3.8) is 0 Å². The smallest absolute Gasteiger partial charge is 0.407 e. The summed E-state index contributed by atoms with van der Waals surface area (Å²) in [7, 11) is 0. The van der Waals surface area contributed by atoms with Gasteiger partial charge in [0.2, 0.25) is 0 Å². The molecule has 0 rings (SSSR count). The second-order valence-electron chi connectivity index (χ2n) is 8.01. The highest BCUT2D eigenvalue weighted by atomic mass is 16.6. The number of unbranched alkanes of at least 4 members (excludes halogenated alkanes) is 9. The van der Waals surface area contributed by atoms with E-state index in [0.29, 0.717) is 6.61 Å². The van der Waals surface area contributed by atoms with Gasteiger partial charge in [-0.2, -0.15) is 0 Å². The maximum Gasteiger partial charge on any atom is 0.407 e. The minimum Gasteiger partial charge on any atom is -0.464 e. The highest BCUT2D eigenvalue weighted by Gasteiger charge is 2.34. The van der Waals surface area contributed by atoms with Crippen molar-refractivity contribution in [2.24, 2.45) is 5.41 Å². The molecule has 0 bridgehead atoms. The molecule has 154 valence electrons. The van der Waals surface area contributed by atoms with Gasteiger partial charge in [-0.1, -0.05) is 85.5 Å². The van der Waals surface area contributed by atoms with Crippen molar-refractivity contribution >= 4 is 12.1 Å². The van der Waals surface area contributed by atoms with E-state index in [2.05, 4.69) is 12.2 Å². The highest BCUT2D eigenvalue weighted by molar-refractivity contribution is 5.82. The minimum absolute atomic E-state index is 0.274. The molecule has 0 aromatic carbocycles. The van der Waals surface area contributed by atoms with Crippen LogP contribution in [-0.4, -0.2) is 31.3 Å². The molecule has 0 saturated carbocycles. The maximum atomic E-state index is 12.3. The first-order chi connectivity index (χ1) is 12.3. The topological polar surface area (TPSA) is 64.6 Å². The van der Waals surface area contributed by atoms with Gasteiger partial charge in [-0.15, -0.1) is 0 Å². The van der Waals surface area contributed by atoms with E-state index < -0.39 is 17.6 Å². The monoisotopic (exact) mass is 371 g/mol. The second-order valence-corrected chi connectivity index (χ2v) is 8.01. The van der Waals surface area contributed by atoms with Crippen LogP contribution < -0.4 is 5.32 Å². The molecule has 0 fully saturated rings. The van der Waals surface area contributed by atoms with Crippen molar-refractivity contribution in [1.29, 1.82) is 0 Å². The number of hydrogen-bond acceptors (Lipinski definition) is 4. The molecule has 0 aliphatic rings. The summed E-state index contributed by atoms with van der Waals surface area (Å²) in [6, 6.07) is -0.704. The van der Waals surface area contributed by atoms with Crippen LogP contribution in [0.15, 0.2) is 0 Å². The fourth-order valence-electron chi connectivity index (χ4n) is 2.77. The molecule has 1 unspecified atom stereocenters. The summed E-state index contributed by atoms with van der Waals surface area (Å²) >= 11 is 0. The molecule has 1 amide bonds. The molecule has 0 heterocycles. The van der Waals surface area contributed by atoms with Crippen molar-refractivity contribution in [3.05, 3.63) is 0 Å². The van der Waals surface area contributed by atoms with Crippen molar-refractivity contribution < 1.29 is 19.1 Å². The average Bonchev–Trinajstić information content (AvgIpc) is 2.56. The quantitative estimate of drug-likeness (QED) is 0.318. The van der Waals surface area contributed by atoms with Gasteiger partial charge in [0, 0.05) is 0 Å². The van der Waals surface area contributed by atoms with E-state index in [-0.39, 0.29) is 12.6 Å². The summed E-state index contributed by atoms with van der Waals surface area (Å²) < 4.78 is 10.2. The predicted molar refractivity (Wildman–Crippen MR) is 106 cm³/mol. The van der Waals surface area contributed by atoms with Gasteiger partial charge in [0.25, 0.3) is 0 Å². The van der Waals surface area contributed by atoms with Gasteiger partial charge in [-0.05, 0) is 18.8 Å². The normalized spacial score (nSPS) is 12.5. The fourth-order valence-corrected chi connectivity index (χ4v) is 2.77. The first-order valence-corrected chi connectivity index (χ1v) is 10.4. The standard InChI is InChI=1S/C21H41NO4/c1-6-8-9-10-11-12-13-14-15-16-17-26-19(23)18(21(3,4)5)22-20(24)25-7-2/h18H,6-17H2,1-5H3,(H,22,24). The first kappa shape index (κ1) is 24.7. The molecular weight excluding hydrogens is 330 g/mol. The third-order valence-corrected chi connectivity index (χ3v) is 4.38. The SMILES string of the molecule is CCCCCCCCCCCCOC(=O)C(NC(=O)OCC)C(C)(C)C. The molecule has 0 saturated heterocycles. The van der Waals surface area contributed by atoms with Crippen LogP contribution in [-0.2, 0) is 14.3 Å². The van der Waals surface area contributed by atoms with E-state index in [1.807, 2.05) is 20.8 Å². The van der Waals surface area contributed by atoms with Crippen molar-refractivity contribution in [3.8, 4) is 0 Å². The van der Waals surface area contributed by atoms with Gasteiger partial charge < -0.3 is 14.8 Å². The van der Waals surface area contributed by atoms with Crippen LogP contribution >= 0.6 is 0 Å². The number of amides is 1. The lowest BCUT2D eigenvalue weighted by Crippen LogP contribution is -2.50. The minimum atomic E-state index is -0.704. The Morgan fingerprint density at radius 2 is 1.31 bits per heavy atom. The molecule has 5 heteroatoms. The summed E-state index contributed by atoms with van der Waals surface area (Å²) in [5.41, 5.74) is -0.429. The lowest BCUT2D eigenvalue weighted by molar-refractivity contribution is -0.149. The molecule has 0 aliphatic heterocycles. The van der Waals surface area contributed by atoms with Crippen LogP contribution in [0.3, 0.4) is 0 Å². The molecule has 0 spiro atoms. The summed E-state index contributed by atoms with van der Waals surface area (Å²) in [6.07, 6.45) is 11.8. The van der Waals surface area contributed by atoms with E-state index in [0.717, 1.165) is 12.8 Å². The number of ether oxygens (including phenoxy) is 2. The zero-order valence-electron chi connectivity index (χ0n) is 17.7. The molecule has 0 aliphatic carbocycles. The van der Waals surface area contributed by atoms with E-state index in [4.69, 9.17) is 9.47 Å².